The molecule has 0 atom stereocenters. The molecule has 0 N–H and O–H groups in total. The molecular weight excluding hydrogens is 571 g/mol. The molecule has 0 spiro atoms. The number of hydrogen-bond acceptors (Lipinski definition) is 2. The van der Waals surface area contributed by atoms with Crippen molar-refractivity contribution in [3.8, 4) is 27.9 Å². The number of anilines is 3. The Morgan fingerprint density at radius 3 is 1.79 bits per heavy atom. The molecule has 9 rings (SSSR count). The number of hydrogen-bond donors (Lipinski definition) is 0. The molecule has 0 amide bonds. The molecule has 224 valence electrons. The molecule has 1 aliphatic carbocycles. The Morgan fingerprint density at radius 2 is 1.09 bits per heavy atom. The predicted molar refractivity (Wildman–Crippen MR) is 196 cm³/mol. The van der Waals surface area contributed by atoms with Crippen LogP contribution in [0, 0.1) is 0 Å². The van der Waals surface area contributed by atoms with E-state index in [1.54, 1.807) is 0 Å². The summed E-state index contributed by atoms with van der Waals surface area (Å²) in [7, 11) is 0. The molecule has 0 saturated carbocycles. The Labute approximate surface area is 275 Å². The van der Waals surface area contributed by atoms with E-state index in [2.05, 4.69) is 180 Å². The fourth-order valence-electron chi connectivity index (χ4n) is 7.57. The lowest BCUT2D eigenvalue weighted by atomic mass is 9.82. The third kappa shape index (κ3) is 4.31. The van der Waals surface area contributed by atoms with Crippen LogP contribution in [0.5, 0.6) is 0 Å². The largest absolute Gasteiger partial charge is 0.311 e. The van der Waals surface area contributed by atoms with Crippen molar-refractivity contribution >= 4 is 38.9 Å². The number of fused-ring (bicyclic) bond motifs is 6. The predicted octanol–water partition coefficient (Wildman–Crippen LogP) is 11.6. The molecule has 0 fully saturated rings. The van der Waals surface area contributed by atoms with Gasteiger partial charge in [-0.1, -0.05) is 92.7 Å². The average Bonchev–Trinajstić information content (AvgIpc) is 3.57. The van der Waals surface area contributed by atoms with Gasteiger partial charge in [-0.15, -0.1) is 0 Å². The van der Waals surface area contributed by atoms with Gasteiger partial charge >= 0.3 is 0 Å². The third-order valence-electron chi connectivity index (χ3n) is 9.88. The molecule has 6 aromatic carbocycles. The summed E-state index contributed by atoms with van der Waals surface area (Å²) in [6.07, 6.45) is 3.76. The standard InChI is InChI=1S/C44H33N3/c1-44(2)40-16-10-9-15-36(40)37-28-39-38-27-31(19-22-42(38)47(43(39)29-41(37)44)35-23-25-45-26-24-35)30-17-20-34(21-18-30)46(32-11-5-3-6-12-32)33-13-7-4-8-14-33/h3-29H,1-2H3. The molecule has 0 bridgehead atoms. The fraction of sp³-hybridized carbons (Fsp3) is 0.0682. The third-order valence-corrected chi connectivity index (χ3v) is 9.88. The van der Waals surface area contributed by atoms with Gasteiger partial charge in [-0.2, -0.15) is 0 Å². The molecule has 1 aliphatic rings. The van der Waals surface area contributed by atoms with Gasteiger partial charge in [0.2, 0.25) is 0 Å². The fourth-order valence-corrected chi connectivity index (χ4v) is 7.57. The van der Waals surface area contributed by atoms with Crippen LogP contribution in [-0.2, 0) is 5.41 Å². The zero-order valence-electron chi connectivity index (χ0n) is 26.4. The van der Waals surface area contributed by atoms with Gasteiger partial charge in [-0.3, -0.25) is 4.98 Å². The maximum Gasteiger partial charge on any atom is 0.0544 e. The summed E-state index contributed by atoms with van der Waals surface area (Å²) < 4.78 is 2.40. The van der Waals surface area contributed by atoms with Gasteiger partial charge in [0, 0.05) is 51.3 Å². The van der Waals surface area contributed by atoms with Crippen molar-refractivity contribution in [2.45, 2.75) is 19.3 Å². The van der Waals surface area contributed by atoms with Gasteiger partial charge in [-0.25, -0.2) is 0 Å². The highest BCUT2D eigenvalue weighted by molar-refractivity contribution is 6.12. The van der Waals surface area contributed by atoms with Crippen molar-refractivity contribution in [2.75, 3.05) is 4.90 Å². The van der Waals surface area contributed by atoms with Gasteiger partial charge < -0.3 is 9.47 Å². The summed E-state index contributed by atoms with van der Waals surface area (Å²) in [4.78, 5) is 6.62. The summed E-state index contributed by atoms with van der Waals surface area (Å²) in [5, 5.41) is 2.51. The van der Waals surface area contributed by atoms with Crippen molar-refractivity contribution < 1.29 is 0 Å². The number of rotatable bonds is 5. The first-order chi connectivity index (χ1) is 23.1. The average molecular weight is 604 g/mol. The second-order valence-corrected chi connectivity index (χ2v) is 12.9. The van der Waals surface area contributed by atoms with Crippen LogP contribution >= 0.6 is 0 Å². The minimum absolute atomic E-state index is 0.0695. The lowest BCUT2D eigenvalue weighted by Crippen LogP contribution is -2.14. The number of benzene rings is 6. The lowest BCUT2D eigenvalue weighted by Gasteiger charge is -2.25. The summed E-state index contributed by atoms with van der Waals surface area (Å²) in [5.41, 5.74) is 14.7. The van der Waals surface area contributed by atoms with E-state index >= 15 is 0 Å². The van der Waals surface area contributed by atoms with E-state index in [1.807, 2.05) is 12.4 Å². The molecule has 0 aliphatic heterocycles. The molecule has 2 aromatic heterocycles. The van der Waals surface area contributed by atoms with E-state index in [1.165, 1.54) is 55.2 Å². The van der Waals surface area contributed by atoms with Gasteiger partial charge in [0.25, 0.3) is 0 Å². The van der Waals surface area contributed by atoms with Crippen molar-refractivity contribution in [1.82, 2.24) is 9.55 Å². The monoisotopic (exact) mass is 603 g/mol. The minimum Gasteiger partial charge on any atom is -0.311 e. The van der Waals surface area contributed by atoms with Gasteiger partial charge in [0.15, 0.2) is 0 Å². The highest BCUT2D eigenvalue weighted by Gasteiger charge is 2.36. The summed E-state index contributed by atoms with van der Waals surface area (Å²) in [5.74, 6) is 0. The molecule has 0 unspecified atom stereocenters. The maximum absolute atomic E-state index is 4.32. The van der Waals surface area contributed by atoms with Crippen molar-refractivity contribution in [3.63, 3.8) is 0 Å². The second-order valence-electron chi connectivity index (χ2n) is 12.9. The zero-order valence-corrected chi connectivity index (χ0v) is 26.4. The van der Waals surface area contributed by atoms with Crippen LogP contribution in [-0.4, -0.2) is 9.55 Å². The number of pyridine rings is 1. The number of para-hydroxylation sites is 2. The molecular formula is C44H33N3. The second kappa shape index (κ2) is 10.6. The van der Waals surface area contributed by atoms with Crippen LogP contribution in [0.25, 0.3) is 49.7 Å². The van der Waals surface area contributed by atoms with Crippen molar-refractivity contribution in [1.29, 1.82) is 0 Å². The van der Waals surface area contributed by atoms with E-state index < -0.39 is 0 Å². The van der Waals surface area contributed by atoms with Gasteiger partial charge in [-0.05, 0) is 106 Å². The maximum atomic E-state index is 4.32. The molecule has 8 aromatic rings. The van der Waals surface area contributed by atoms with Crippen LogP contribution in [0.4, 0.5) is 17.1 Å². The first kappa shape index (κ1) is 27.4. The summed E-state index contributed by atoms with van der Waals surface area (Å²) in [6, 6.07) is 54.9. The van der Waals surface area contributed by atoms with E-state index in [4.69, 9.17) is 0 Å². The Bertz CT molecular complexity index is 2370. The minimum atomic E-state index is -0.0695. The first-order valence-electron chi connectivity index (χ1n) is 16.2. The smallest absolute Gasteiger partial charge is 0.0544 e. The number of aromatic nitrogens is 2. The Hall–Kier alpha value is -5.93. The molecule has 47 heavy (non-hydrogen) atoms. The normalized spacial score (nSPS) is 13.1. The topological polar surface area (TPSA) is 21.1 Å². The highest BCUT2D eigenvalue weighted by Crippen LogP contribution is 2.51. The van der Waals surface area contributed by atoms with E-state index in [-0.39, 0.29) is 5.41 Å². The van der Waals surface area contributed by atoms with Crippen LogP contribution in [0.2, 0.25) is 0 Å². The zero-order chi connectivity index (χ0) is 31.5. The molecule has 3 heteroatoms. The van der Waals surface area contributed by atoms with Crippen molar-refractivity contribution in [2.24, 2.45) is 0 Å². The SMILES string of the molecule is CC1(C)c2ccccc2-c2cc3c4cc(-c5ccc(N(c6ccccc6)c6ccccc6)cc5)ccc4n(-c4ccncc4)c3cc21. The van der Waals surface area contributed by atoms with Gasteiger partial charge in [0.05, 0.1) is 11.0 Å². The molecule has 0 radical (unpaired) electrons. The Morgan fingerprint density at radius 1 is 0.489 bits per heavy atom. The van der Waals surface area contributed by atoms with E-state index in [0.717, 1.165) is 22.7 Å². The molecule has 2 heterocycles. The summed E-state index contributed by atoms with van der Waals surface area (Å²) >= 11 is 0. The van der Waals surface area contributed by atoms with Crippen LogP contribution < -0.4 is 4.90 Å². The Kier molecular flexibility index (Phi) is 6.16. The van der Waals surface area contributed by atoms with E-state index in [9.17, 15) is 0 Å². The quantitative estimate of drug-likeness (QED) is 0.195. The van der Waals surface area contributed by atoms with Crippen LogP contribution in [0.15, 0.2) is 164 Å². The Balaban J connectivity index is 1.21. The highest BCUT2D eigenvalue weighted by atomic mass is 15.1. The molecule has 0 saturated heterocycles. The van der Waals surface area contributed by atoms with E-state index in [0.29, 0.717) is 0 Å². The lowest BCUT2D eigenvalue weighted by molar-refractivity contribution is 0.661. The number of nitrogens with zero attached hydrogens (tertiary/aromatic N) is 3. The van der Waals surface area contributed by atoms with Crippen LogP contribution in [0.3, 0.4) is 0 Å². The van der Waals surface area contributed by atoms with Crippen LogP contribution in [0.1, 0.15) is 25.0 Å². The summed E-state index contributed by atoms with van der Waals surface area (Å²) in [6.45, 7) is 4.70. The molecule has 3 nitrogen and oxygen atoms in total. The van der Waals surface area contributed by atoms with Gasteiger partial charge in [0.1, 0.15) is 0 Å². The first-order valence-corrected chi connectivity index (χ1v) is 16.2. The van der Waals surface area contributed by atoms with Crippen molar-refractivity contribution in [3.05, 3.63) is 175 Å².